The fraction of sp³-hybridized carbons (Fsp3) is 0.333. The predicted octanol–water partition coefficient (Wildman–Crippen LogP) is 3.97. The molecular weight excluding hydrogens is 230 g/mol. The number of rotatable bonds is 5. The van der Waals surface area contributed by atoms with Crippen LogP contribution in [0.5, 0.6) is 0 Å². The highest BCUT2D eigenvalue weighted by molar-refractivity contribution is 5.26. The zero-order valence-electron chi connectivity index (χ0n) is 11.4. The van der Waals surface area contributed by atoms with Crippen molar-refractivity contribution >= 4 is 0 Å². The minimum absolute atomic E-state index is 0.588. The fourth-order valence-electron chi connectivity index (χ4n) is 2.88. The van der Waals surface area contributed by atoms with Gasteiger partial charge in [-0.1, -0.05) is 60.7 Å². The molecule has 0 spiro atoms. The van der Waals surface area contributed by atoms with Crippen LogP contribution in [0.3, 0.4) is 0 Å². The molecule has 0 heterocycles. The third-order valence-electron chi connectivity index (χ3n) is 4.18. The molecule has 98 valence electrons. The summed E-state index contributed by atoms with van der Waals surface area (Å²) in [4.78, 5) is 0. The predicted molar refractivity (Wildman–Crippen MR) is 80.0 cm³/mol. The monoisotopic (exact) mass is 251 g/mol. The molecule has 1 heteroatoms. The molecule has 1 N–H and O–H groups in total. The van der Waals surface area contributed by atoms with Crippen LogP contribution in [-0.4, -0.2) is 6.04 Å². The van der Waals surface area contributed by atoms with Crippen LogP contribution < -0.4 is 5.32 Å². The number of hydrogen-bond donors (Lipinski definition) is 1. The first-order valence-electron chi connectivity index (χ1n) is 7.17. The molecule has 0 radical (unpaired) electrons. The van der Waals surface area contributed by atoms with Crippen LogP contribution in [0.4, 0.5) is 0 Å². The molecule has 0 amide bonds. The first-order chi connectivity index (χ1) is 9.34. The zero-order chi connectivity index (χ0) is 13.1. The van der Waals surface area contributed by atoms with Gasteiger partial charge in [0.05, 0.1) is 0 Å². The molecular formula is C18H21N. The molecule has 0 unspecified atom stereocenters. The van der Waals surface area contributed by atoms with Gasteiger partial charge in [0.1, 0.15) is 0 Å². The van der Waals surface area contributed by atoms with Crippen LogP contribution in [0.1, 0.15) is 30.4 Å². The number of benzene rings is 2. The van der Waals surface area contributed by atoms with Crippen LogP contribution in [0.2, 0.25) is 0 Å². The van der Waals surface area contributed by atoms with Gasteiger partial charge in [-0.05, 0) is 36.3 Å². The molecule has 0 aromatic heterocycles. The Kier molecular flexibility index (Phi) is 3.65. The molecule has 3 rings (SSSR count). The van der Waals surface area contributed by atoms with Crippen molar-refractivity contribution < 1.29 is 0 Å². The number of hydrogen-bond acceptors (Lipinski definition) is 1. The lowest BCUT2D eigenvalue weighted by atomic mass is 10.1. The average Bonchev–Trinajstić information content (AvgIpc) is 3.27. The van der Waals surface area contributed by atoms with Crippen molar-refractivity contribution in [2.45, 2.75) is 31.8 Å². The minimum Gasteiger partial charge on any atom is -0.310 e. The van der Waals surface area contributed by atoms with Crippen molar-refractivity contribution in [3.8, 4) is 0 Å². The molecule has 1 saturated carbocycles. The highest BCUT2D eigenvalue weighted by atomic mass is 14.9. The molecule has 1 aliphatic rings. The summed E-state index contributed by atoms with van der Waals surface area (Å²) < 4.78 is 0. The van der Waals surface area contributed by atoms with E-state index in [9.17, 15) is 0 Å². The smallest absolute Gasteiger partial charge is 0.0208 e. The first-order valence-corrected chi connectivity index (χ1v) is 7.17. The van der Waals surface area contributed by atoms with Crippen LogP contribution in [0, 0.1) is 5.92 Å². The minimum atomic E-state index is 0.588. The molecule has 0 aliphatic heterocycles. The summed E-state index contributed by atoms with van der Waals surface area (Å²) in [7, 11) is 0. The first kappa shape index (κ1) is 12.4. The maximum atomic E-state index is 3.66. The Morgan fingerprint density at radius 3 is 2.32 bits per heavy atom. The summed E-state index contributed by atoms with van der Waals surface area (Å²) in [6.07, 6.45) is 1.33. The second kappa shape index (κ2) is 5.58. The van der Waals surface area contributed by atoms with Crippen LogP contribution >= 0.6 is 0 Å². The van der Waals surface area contributed by atoms with E-state index in [2.05, 4.69) is 72.9 Å². The fourth-order valence-corrected chi connectivity index (χ4v) is 2.88. The standard InChI is InChI=1S/C18H21N/c1-14(19-13-15-8-4-2-5-9-15)17-12-18(17)16-10-6-3-7-11-16/h2-11,14,17-19H,12-13H2,1H3/t14-,17-,18-/m0/s1. The lowest BCUT2D eigenvalue weighted by Gasteiger charge is -2.14. The maximum absolute atomic E-state index is 3.66. The van der Waals surface area contributed by atoms with Crippen molar-refractivity contribution in [1.29, 1.82) is 0 Å². The van der Waals surface area contributed by atoms with Gasteiger partial charge in [-0.3, -0.25) is 0 Å². The largest absolute Gasteiger partial charge is 0.310 e. The van der Waals surface area contributed by atoms with E-state index in [0.29, 0.717) is 6.04 Å². The lowest BCUT2D eigenvalue weighted by molar-refractivity contribution is 0.488. The van der Waals surface area contributed by atoms with Gasteiger partial charge < -0.3 is 5.32 Å². The normalized spacial score (nSPS) is 23.0. The van der Waals surface area contributed by atoms with Crippen LogP contribution in [-0.2, 0) is 6.54 Å². The molecule has 3 atom stereocenters. The number of nitrogens with one attached hydrogen (secondary N) is 1. The Morgan fingerprint density at radius 2 is 1.63 bits per heavy atom. The van der Waals surface area contributed by atoms with Gasteiger partial charge in [0.15, 0.2) is 0 Å². The van der Waals surface area contributed by atoms with E-state index in [1.54, 1.807) is 0 Å². The molecule has 2 aromatic rings. The average molecular weight is 251 g/mol. The summed E-state index contributed by atoms with van der Waals surface area (Å²) in [6.45, 7) is 3.29. The Morgan fingerprint density at radius 1 is 1.00 bits per heavy atom. The van der Waals surface area contributed by atoms with Crippen molar-refractivity contribution in [3.63, 3.8) is 0 Å². The van der Waals surface area contributed by atoms with Gasteiger partial charge in [0.25, 0.3) is 0 Å². The lowest BCUT2D eigenvalue weighted by Crippen LogP contribution is -2.27. The van der Waals surface area contributed by atoms with E-state index in [0.717, 1.165) is 18.4 Å². The highest BCUT2D eigenvalue weighted by Gasteiger charge is 2.41. The quantitative estimate of drug-likeness (QED) is 0.848. The second-order valence-electron chi connectivity index (χ2n) is 5.57. The molecule has 1 fully saturated rings. The Bertz CT molecular complexity index is 506. The van der Waals surface area contributed by atoms with Crippen LogP contribution in [0.25, 0.3) is 0 Å². The van der Waals surface area contributed by atoms with Gasteiger partial charge in [0.2, 0.25) is 0 Å². The van der Waals surface area contributed by atoms with Gasteiger partial charge in [-0.15, -0.1) is 0 Å². The van der Waals surface area contributed by atoms with Gasteiger partial charge >= 0.3 is 0 Å². The second-order valence-corrected chi connectivity index (χ2v) is 5.57. The van der Waals surface area contributed by atoms with E-state index in [4.69, 9.17) is 0 Å². The highest BCUT2D eigenvalue weighted by Crippen LogP contribution is 2.49. The maximum Gasteiger partial charge on any atom is 0.0208 e. The zero-order valence-corrected chi connectivity index (χ0v) is 11.4. The van der Waals surface area contributed by atoms with E-state index in [-0.39, 0.29) is 0 Å². The molecule has 0 bridgehead atoms. The molecule has 1 nitrogen and oxygen atoms in total. The summed E-state index contributed by atoms with van der Waals surface area (Å²) >= 11 is 0. The van der Waals surface area contributed by atoms with E-state index in [1.807, 2.05) is 0 Å². The van der Waals surface area contributed by atoms with E-state index < -0.39 is 0 Å². The Balaban J connectivity index is 1.52. The van der Waals surface area contributed by atoms with E-state index >= 15 is 0 Å². The molecule has 0 saturated heterocycles. The summed E-state index contributed by atoms with van der Waals surface area (Å²) in [5.41, 5.74) is 2.87. The summed E-state index contributed by atoms with van der Waals surface area (Å²) in [5, 5.41) is 3.66. The molecule has 2 aromatic carbocycles. The SMILES string of the molecule is C[C@H](NCc1ccccc1)[C@@H]1C[C@H]1c1ccccc1. The third-order valence-corrected chi connectivity index (χ3v) is 4.18. The van der Waals surface area contributed by atoms with Gasteiger partial charge in [-0.2, -0.15) is 0 Å². The summed E-state index contributed by atoms with van der Waals surface area (Å²) in [6, 6.07) is 22.1. The third kappa shape index (κ3) is 3.05. The van der Waals surface area contributed by atoms with Gasteiger partial charge in [0, 0.05) is 12.6 Å². The Hall–Kier alpha value is -1.60. The molecule has 19 heavy (non-hydrogen) atoms. The van der Waals surface area contributed by atoms with Crippen molar-refractivity contribution in [1.82, 2.24) is 5.32 Å². The van der Waals surface area contributed by atoms with Crippen LogP contribution in [0.15, 0.2) is 60.7 Å². The van der Waals surface area contributed by atoms with Crippen molar-refractivity contribution in [3.05, 3.63) is 71.8 Å². The van der Waals surface area contributed by atoms with E-state index in [1.165, 1.54) is 17.5 Å². The van der Waals surface area contributed by atoms with Gasteiger partial charge in [-0.25, -0.2) is 0 Å². The topological polar surface area (TPSA) is 12.0 Å². The summed E-state index contributed by atoms with van der Waals surface area (Å²) in [5.74, 6) is 1.56. The van der Waals surface area contributed by atoms with Crippen molar-refractivity contribution in [2.24, 2.45) is 5.92 Å². The Labute approximate surface area is 115 Å². The molecule has 1 aliphatic carbocycles. The van der Waals surface area contributed by atoms with Crippen molar-refractivity contribution in [2.75, 3.05) is 0 Å².